The van der Waals surface area contributed by atoms with Crippen LogP contribution in [-0.4, -0.2) is 28.7 Å². The van der Waals surface area contributed by atoms with Crippen LogP contribution in [0, 0.1) is 13.8 Å². The molecule has 1 aromatic heterocycles. The smallest absolute Gasteiger partial charge is 0.351 e. The molecular weight excluding hydrogens is 328 g/mol. The van der Waals surface area contributed by atoms with Gasteiger partial charge in [0.05, 0.1) is 10.7 Å². The number of nitrogens with one attached hydrogen (secondary N) is 1. The van der Waals surface area contributed by atoms with E-state index in [1.165, 1.54) is 25.2 Å². The van der Waals surface area contributed by atoms with Gasteiger partial charge in [0.15, 0.2) is 11.9 Å². The Balaban J connectivity index is 2.02. The lowest BCUT2D eigenvalue weighted by Gasteiger charge is -2.13. The van der Waals surface area contributed by atoms with E-state index < -0.39 is 18.0 Å². The van der Waals surface area contributed by atoms with Crippen LogP contribution in [0.1, 0.15) is 44.6 Å². The molecule has 0 radical (unpaired) electrons. The summed E-state index contributed by atoms with van der Waals surface area (Å²) in [4.78, 5) is 40.2. The van der Waals surface area contributed by atoms with E-state index in [9.17, 15) is 14.4 Å². The summed E-state index contributed by atoms with van der Waals surface area (Å²) >= 11 is 1.23. The van der Waals surface area contributed by atoms with Crippen LogP contribution in [0.4, 0.5) is 5.69 Å². The lowest BCUT2D eigenvalue weighted by Crippen LogP contribution is -2.30. The molecule has 1 amide bonds. The first-order valence-corrected chi connectivity index (χ1v) is 8.16. The minimum Gasteiger partial charge on any atom is -0.448 e. The van der Waals surface area contributed by atoms with Crippen LogP contribution in [0.2, 0.25) is 0 Å². The largest absolute Gasteiger partial charge is 0.448 e. The molecule has 0 fully saturated rings. The van der Waals surface area contributed by atoms with Crippen molar-refractivity contribution in [2.45, 2.75) is 33.8 Å². The number of carbonyl (C=O) groups excluding carboxylic acids is 3. The molecule has 0 aliphatic heterocycles. The molecule has 0 spiro atoms. The molecule has 6 nitrogen and oxygen atoms in total. The van der Waals surface area contributed by atoms with E-state index in [1.807, 2.05) is 0 Å². The normalized spacial score (nSPS) is 11.7. The number of Topliss-reactive ketones (excluding diaryl/α,β-unsaturated/α-hetero) is 1. The molecule has 2 aromatic rings. The summed E-state index contributed by atoms with van der Waals surface area (Å²) in [6.45, 7) is 6.46. The highest BCUT2D eigenvalue weighted by molar-refractivity contribution is 7.13. The Morgan fingerprint density at radius 2 is 1.96 bits per heavy atom. The fraction of sp³-hybridized carbons (Fsp3) is 0.294. The first-order chi connectivity index (χ1) is 11.3. The van der Waals surface area contributed by atoms with E-state index in [2.05, 4.69) is 10.3 Å². The standard InChI is InChI=1S/C17H18N2O4S/c1-9-15(24-12(4)18-9)17(22)23-11(3)16(21)19-14-7-5-6-13(8-14)10(2)20/h5-8,11H,1-4H3,(H,19,21)/t11-/m1/s1. The Morgan fingerprint density at radius 3 is 2.54 bits per heavy atom. The van der Waals surface area contributed by atoms with Crippen LogP contribution in [0.5, 0.6) is 0 Å². The zero-order chi connectivity index (χ0) is 17.9. The number of rotatable bonds is 5. The number of carbonyl (C=O) groups is 3. The number of hydrogen-bond donors (Lipinski definition) is 1. The van der Waals surface area contributed by atoms with Crippen molar-refractivity contribution in [3.05, 3.63) is 45.4 Å². The third-order valence-electron chi connectivity index (χ3n) is 3.28. The fourth-order valence-electron chi connectivity index (χ4n) is 2.05. The van der Waals surface area contributed by atoms with Gasteiger partial charge in [0.2, 0.25) is 0 Å². The van der Waals surface area contributed by atoms with Gasteiger partial charge in [-0.25, -0.2) is 9.78 Å². The molecule has 1 N–H and O–H groups in total. The van der Waals surface area contributed by atoms with Crippen LogP contribution >= 0.6 is 11.3 Å². The number of amides is 1. The highest BCUT2D eigenvalue weighted by Crippen LogP contribution is 2.19. The maximum absolute atomic E-state index is 12.2. The Kier molecular flexibility index (Phi) is 5.46. The van der Waals surface area contributed by atoms with Gasteiger partial charge in [0.25, 0.3) is 5.91 Å². The molecule has 1 aromatic carbocycles. The predicted molar refractivity (Wildman–Crippen MR) is 91.5 cm³/mol. The number of thiazole rings is 1. The van der Waals surface area contributed by atoms with Gasteiger partial charge in [-0.05, 0) is 39.8 Å². The summed E-state index contributed by atoms with van der Waals surface area (Å²) < 4.78 is 5.19. The number of aromatic nitrogens is 1. The number of ketones is 1. The van der Waals surface area contributed by atoms with Crippen molar-refractivity contribution in [1.82, 2.24) is 4.98 Å². The average Bonchev–Trinajstić information content (AvgIpc) is 2.86. The van der Waals surface area contributed by atoms with Gasteiger partial charge in [0, 0.05) is 11.3 Å². The van der Waals surface area contributed by atoms with Crippen LogP contribution in [0.25, 0.3) is 0 Å². The molecule has 1 atom stereocenters. The molecule has 1 heterocycles. The number of nitrogens with zero attached hydrogens (tertiary/aromatic N) is 1. The number of anilines is 1. The van der Waals surface area contributed by atoms with Gasteiger partial charge in [0.1, 0.15) is 4.88 Å². The van der Waals surface area contributed by atoms with Crippen molar-refractivity contribution in [2.24, 2.45) is 0 Å². The number of ether oxygens (including phenoxy) is 1. The van der Waals surface area contributed by atoms with E-state index in [1.54, 1.807) is 38.1 Å². The van der Waals surface area contributed by atoms with Gasteiger partial charge in [-0.1, -0.05) is 12.1 Å². The lowest BCUT2D eigenvalue weighted by atomic mass is 10.1. The molecule has 0 aliphatic carbocycles. The fourth-order valence-corrected chi connectivity index (χ4v) is 2.85. The highest BCUT2D eigenvalue weighted by atomic mass is 32.1. The van der Waals surface area contributed by atoms with Gasteiger partial charge in [-0.3, -0.25) is 9.59 Å². The third kappa shape index (κ3) is 4.26. The maximum atomic E-state index is 12.2. The first kappa shape index (κ1) is 17.8. The monoisotopic (exact) mass is 346 g/mol. The number of esters is 1. The Hall–Kier alpha value is -2.54. The molecule has 0 unspecified atom stereocenters. The SMILES string of the molecule is CC(=O)c1cccc(NC(=O)[C@@H](C)OC(=O)c2sc(C)nc2C)c1. The molecule has 0 saturated heterocycles. The van der Waals surface area contributed by atoms with Crippen molar-refractivity contribution < 1.29 is 19.1 Å². The predicted octanol–water partition coefficient (Wildman–Crippen LogP) is 3.15. The minimum absolute atomic E-state index is 0.0957. The second-order valence-electron chi connectivity index (χ2n) is 5.32. The molecule has 24 heavy (non-hydrogen) atoms. The average molecular weight is 346 g/mol. The number of benzene rings is 1. The zero-order valence-electron chi connectivity index (χ0n) is 13.9. The summed E-state index contributed by atoms with van der Waals surface area (Å²) in [6.07, 6.45) is -0.972. The summed E-state index contributed by atoms with van der Waals surface area (Å²) in [5.41, 5.74) is 1.55. The number of hydrogen-bond acceptors (Lipinski definition) is 6. The van der Waals surface area contributed by atoms with Crippen molar-refractivity contribution in [2.75, 3.05) is 5.32 Å². The van der Waals surface area contributed by atoms with Crippen molar-refractivity contribution in [3.63, 3.8) is 0 Å². The molecule has 7 heteroatoms. The van der Waals surface area contributed by atoms with Crippen molar-refractivity contribution in [1.29, 1.82) is 0 Å². The Labute approximate surface area is 143 Å². The summed E-state index contributed by atoms with van der Waals surface area (Å²) in [6, 6.07) is 6.57. The topological polar surface area (TPSA) is 85.4 Å². The molecule has 0 saturated carbocycles. The van der Waals surface area contributed by atoms with Crippen LogP contribution in [0.3, 0.4) is 0 Å². The van der Waals surface area contributed by atoms with E-state index in [0.29, 0.717) is 21.8 Å². The third-order valence-corrected chi connectivity index (χ3v) is 4.33. The van der Waals surface area contributed by atoms with Crippen molar-refractivity contribution in [3.8, 4) is 0 Å². The van der Waals surface area contributed by atoms with Crippen LogP contribution < -0.4 is 5.32 Å². The second kappa shape index (κ2) is 7.35. The van der Waals surface area contributed by atoms with Gasteiger partial charge in [-0.2, -0.15) is 0 Å². The molecule has 0 bridgehead atoms. The zero-order valence-corrected chi connectivity index (χ0v) is 14.7. The maximum Gasteiger partial charge on any atom is 0.351 e. The van der Waals surface area contributed by atoms with Gasteiger partial charge >= 0.3 is 5.97 Å². The van der Waals surface area contributed by atoms with Crippen molar-refractivity contribution >= 4 is 34.7 Å². The summed E-state index contributed by atoms with van der Waals surface area (Å²) in [7, 11) is 0. The quantitative estimate of drug-likeness (QED) is 0.664. The molecule has 2 rings (SSSR count). The summed E-state index contributed by atoms with van der Waals surface area (Å²) in [5.74, 6) is -1.14. The van der Waals surface area contributed by atoms with E-state index in [-0.39, 0.29) is 5.78 Å². The van der Waals surface area contributed by atoms with Gasteiger partial charge in [-0.15, -0.1) is 11.3 Å². The Morgan fingerprint density at radius 1 is 1.25 bits per heavy atom. The minimum atomic E-state index is -0.972. The van der Waals surface area contributed by atoms with Crippen LogP contribution in [0.15, 0.2) is 24.3 Å². The molecular formula is C17H18N2O4S. The molecule has 126 valence electrons. The lowest BCUT2D eigenvalue weighted by molar-refractivity contribution is -0.123. The van der Waals surface area contributed by atoms with Crippen LogP contribution in [-0.2, 0) is 9.53 Å². The Bertz CT molecular complexity index is 798. The molecule has 0 aliphatic rings. The van der Waals surface area contributed by atoms with E-state index >= 15 is 0 Å². The number of aryl methyl sites for hydroxylation is 2. The van der Waals surface area contributed by atoms with Gasteiger partial charge < -0.3 is 10.1 Å². The second-order valence-corrected chi connectivity index (χ2v) is 6.52. The first-order valence-electron chi connectivity index (χ1n) is 7.35. The van der Waals surface area contributed by atoms with E-state index in [0.717, 1.165) is 5.01 Å². The summed E-state index contributed by atoms with van der Waals surface area (Å²) in [5, 5.41) is 3.39. The van der Waals surface area contributed by atoms with E-state index in [4.69, 9.17) is 4.74 Å². The highest BCUT2D eigenvalue weighted by Gasteiger charge is 2.22.